The maximum absolute atomic E-state index is 13.8. The van der Waals surface area contributed by atoms with Gasteiger partial charge in [0.05, 0.1) is 18.4 Å². The summed E-state index contributed by atoms with van der Waals surface area (Å²) in [6.07, 6.45) is 3.25. The summed E-state index contributed by atoms with van der Waals surface area (Å²) in [5.74, 6) is -0.485. The van der Waals surface area contributed by atoms with E-state index in [0.29, 0.717) is 23.5 Å². The second-order valence-corrected chi connectivity index (χ2v) is 6.62. The Kier molecular flexibility index (Phi) is 4.24. The van der Waals surface area contributed by atoms with E-state index in [4.69, 9.17) is 0 Å². The number of hydrogen-bond donors (Lipinski definition) is 1. The van der Waals surface area contributed by atoms with Crippen LogP contribution in [-0.4, -0.2) is 20.3 Å². The van der Waals surface area contributed by atoms with E-state index < -0.39 is 0 Å². The first-order chi connectivity index (χ1) is 13.0. The molecule has 0 aliphatic heterocycles. The van der Waals surface area contributed by atoms with Gasteiger partial charge in [0, 0.05) is 29.7 Å². The molecule has 4 aromatic rings. The minimum atomic E-state index is -0.274. The smallest absolute Gasteiger partial charge is 0.272 e. The number of fused-ring (bicyclic) bond motifs is 1. The first-order valence-corrected chi connectivity index (χ1v) is 8.64. The third-order valence-corrected chi connectivity index (χ3v) is 4.61. The summed E-state index contributed by atoms with van der Waals surface area (Å²) in [7, 11) is 1.87. The van der Waals surface area contributed by atoms with Gasteiger partial charge >= 0.3 is 0 Å². The first kappa shape index (κ1) is 17.0. The molecule has 0 spiro atoms. The number of amides is 1. The Labute approximate surface area is 156 Å². The fourth-order valence-electron chi connectivity index (χ4n) is 3.20. The van der Waals surface area contributed by atoms with Gasteiger partial charge in [-0.05, 0) is 31.2 Å². The number of nitrogens with zero attached hydrogens (tertiary/aromatic N) is 3. The van der Waals surface area contributed by atoms with Crippen molar-refractivity contribution >= 4 is 22.5 Å². The lowest BCUT2D eigenvalue weighted by atomic mass is 10.2. The molecule has 0 saturated carbocycles. The summed E-state index contributed by atoms with van der Waals surface area (Å²) < 4.78 is 17.2. The van der Waals surface area contributed by atoms with Crippen LogP contribution in [-0.2, 0) is 13.6 Å². The maximum atomic E-state index is 13.8. The first-order valence-electron chi connectivity index (χ1n) is 8.64. The zero-order valence-electron chi connectivity index (χ0n) is 15.1. The lowest BCUT2D eigenvalue weighted by Gasteiger charge is -2.05. The van der Waals surface area contributed by atoms with Crippen molar-refractivity contribution in [3.63, 3.8) is 0 Å². The molecule has 0 aliphatic carbocycles. The summed E-state index contributed by atoms with van der Waals surface area (Å²) in [6, 6.07) is 14.5. The van der Waals surface area contributed by atoms with Crippen LogP contribution in [0.15, 0.2) is 60.9 Å². The molecule has 0 aliphatic rings. The van der Waals surface area contributed by atoms with Gasteiger partial charge in [-0.25, -0.2) is 4.39 Å². The van der Waals surface area contributed by atoms with Gasteiger partial charge in [-0.3, -0.25) is 9.48 Å². The number of halogens is 1. The van der Waals surface area contributed by atoms with Crippen molar-refractivity contribution in [2.24, 2.45) is 7.05 Å². The molecule has 27 heavy (non-hydrogen) atoms. The Bertz CT molecular complexity index is 1140. The molecule has 0 unspecified atom stereocenters. The van der Waals surface area contributed by atoms with Crippen LogP contribution in [0, 0.1) is 12.7 Å². The second-order valence-electron chi connectivity index (χ2n) is 6.62. The Morgan fingerprint density at radius 2 is 2.00 bits per heavy atom. The molecule has 0 fully saturated rings. The lowest BCUT2D eigenvalue weighted by molar-refractivity contribution is 0.101. The quantitative estimate of drug-likeness (QED) is 0.594. The van der Waals surface area contributed by atoms with E-state index in [1.54, 1.807) is 35.3 Å². The Hall–Kier alpha value is -3.41. The number of aryl methyl sites for hydroxylation is 2. The second kappa shape index (κ2) is 6.72. The van der Waals surface area contributed by atoms with Crippen molar-refractivity contribution in [1.82, 2.24) is 14.3 Å². The predicted molar refractivity (Wildman–Crippen MR) is 103 cm³/mol. The molecule has 2 aromatic carbocycles. The van der Waals surface area contributed by atoms with Crippen LogP contribution in [0.3, 0.4) is 0 Å². The lowest BCUT2D eigenvalue weighted by Crippen LogP contribution is -2.15. The Morgan fingerprint density at radius 1 is 1.19 bits per heavy atom. The highest BCUT2D eigenvalue weighted by molar-refractivity contribution is 6.06. The topological polar surface area (TPSA) is 51.9 Å². The summed E-state index contributed by atoms with van der Waals surface area (Å²) in [6.45, 7) is 2.33. The molecule has 4 rings (SSSR count). The molecule has 5 nitrogen and oxygen atoms in total. The fraction of sp³-hybridized carbons (Fsp3) is 0.143. The van der Waals surface area contributed by atoms with Crippen molar-refractivity contribution in [1.29, 1.82) is 0 Å². The standard InChI is InChI=1S/C21H19FN4O/c1-14-7-8-19-16(9-14)10-20(25(19)2)21(27)24-17-11-23-26(13-17)12-15-5-3-4-6-18(15)22/h3-11,13H,12H2,1-2H3,(H,24,27). The predicted octanol–water partition coefficient (Wildman–Crippen LogP) is 4.12. The van der Waals surface area contributed by atoms with Crippen molar-refractivity contribution in [3.05, 3.63) is 83.6 Å². The molecule has 6 heteroatoms. The van der Waals surface area contributed by atoms with Crippen molar-refractivity contribution in [2.45, 2.75) is 13.5 Å². The van der Waals surface area contributed by atoms with Crippen LogP contribution in [0.5, 0.6) is 0 Å². The average Bonchev–Trinajstić information content (AvgIpc) is 3.21. The SMILES string of the molecule is Cc1ccc2c(c1)cc(C(=O)Nc1cnn(Cc3ccccc3F)c1)n2C. The molecule has 0 atom stereocenters. The molecular weight excluding hydrogens is 343 g/mol. The van der Waals surface area contributed by atoms with E-state index in [9.17, 15) is 9.18 Å². The Morgan fingerprint density at radius 3 is 2.81 bits per heavy atom. The molecule has 1 N–H and O–H groups in total. The van der Waals surface area contributed by atoms with E-state index in [0.717, 1.165) is 16.5 Å². The van der Waals surface area contributed by atoms with Gasteiger partial charge < -0.3 is 9.88 Å². The zero-order valence-corrected chi connectivity index (χ0v) is 15.1. The van der Waals surface area contributed by atoms with E-state index >= 15 is 0 Å². The van der Waals surface area contributed by atoms with Gasteiger partial charge in [-0.1, -0.05) is 29.8 Å². The van der Waals surface area contributed by atoms with E-state index in [2.05, 4.69) is 16.5 Å². The van der Waals surface area contributed by atoms with Crippen LogP contribution >= 0.6 is 0 Å². The number of anilines is 1. The van der Waals surface area contributed by atoms with Crippen molar-refractivity contribution in [3.8, 4) is 0 Å². The highest BCUT2D eigenvalue weighted by atomic mass is 19.1. The molecule has 2 heterocycles. The van der Waals surface area contributed by atoms with Crippen LogP contribution in [0.4, 0.5) is 10.1 Å². The van der Waals surface area contributed by atoms with E-state index in [1.807, 2.05) is 36.7 Å². The van der Waals surface area contributed by atoms with Gasteiger partial charge in [0.25, 0.3) is 5.91 Å². The third-order valence-electron chi connectivity index (χ3n) is 4.61. The number of nitrogens with one attached hydrogen (secondary N) is 1. The minimum Gasteiger partial charge on any atom is -0.340 e. The number of benzene rings is 2. The molecule has 2 aromatic heterocycles. The molecule has 0 saturated heterocycles. The van der Waals surface area contributed by atoms with Crippen molar-refractivity contribution in [2.75, 3.05) is 5.32 Å². The normalized spacial score (nSPS) is 11.1. The molecular formula is C21H19FN4O. The number of rotatable bonds is 4. The zero-order chi connectivity index (χ0) is 19.0. The minimum absolute atomic E-state index is 0.211. The van der Waals surface area contributed by atoms with Gasteiger partial charge in [0.15, 0.2) is 0 Å². The van der Waals surface area contributed by atoms with Crippen LogP contribution in [0.1, 0.15) is 21.6 Å². The molecule has 136 valence electrons. The maximum Gasteiger partial charge on any atom is 0.272 e. The number of aromatic nitrogens is 3. The largest absolute Gasteiger partial charge is 0.340 e. The van der Waals surface area contributed by atoms with Gasteiger partial charge in [0.1, 0.15) is 11.5 Å². The highest BCUT2D eigenvalue weighted by Crippen LogP contribution is 2.21. The average molecular weight is 362 g/mol. The van der Waals surface area contributed by atoms with Crippen LogP contribution in [0.25, 0.3) is 10.9 Å². The number of carbonyl (C=O) groups is 1. The molecule has 1 amide bonds. The van der Waals surface area contributed by atoms with Crippen LogP contribution < -0.4 is 5.32 Å². The number of hydrogen-bond acceptors (Lipinski definition) is 2. The fourth-order valence-corrected chi connectivity index (χ4v) is 3.20. The van der Waals surface area contributed by atoms with Gasteiger partial charge in [-0.15, -0.1) is 0 Å². The van der Waals surface area contributed by atoms with E-state index in [-0.39, 0.29) is 11.7 Å². The highest BCUT2D eigenvalue weighted by Gasteiger charge is 2.14. The number of carbonyl (C=O) groups excluding carboxylic acids is 1. The van der Waals surface area contributed by atoms with Crippen molar-refractivity contribution < 1.29 is 9.18 Å². The van der Waals surface area contributed by atoms with Gasteiger partial charge in [0.2, 0.25) is 0 Å². The third kappa shape index (κ3) is 3.33. The molecule has 0 radical (unpaired) electrons. The van der Waals surface area contributed by atoms with Gasteiger partial charge in [-0.2, -0.15) is 5.10 Å². The monoisotopic (exact) mass is 362 g/mol. The van der Waals surface area contributed by atoms with Crippen LogP contribution in [0.2, 0.25) is 0 Å². The summed E-state index contributed by atoms with van der Waals surface area (Å²) in [4.78, 5) is 12.7. The van der Waals surface area contributed by atoms with E-state index in [1.165, 1.54) is 6.07 Å². The summed E-state index contributed by atoms with van der Waals surface area (Å²) in [5, 5.41) is 8.09. The summed E-state index contributed by atoms with van der Waals surface area (Å²) in [5.41, 5.74) is 3.83. The summed E-state index contributed by atoms with van der Waals surface area (Å²) >= 11 is 0. The Balaban J connectivity index is 1.53. The molecule has 0 bridgehead atoms.